The molecular weight excluding hydrogens is 318 g/mol. The molecule has 0 atom stereocenters. The summed E-state index contributed by atoms with van der Waals surface area (Å²) < 4.78 is 2.22. The summed E-state index contributed by atoms with van der Waals surface area (Å²) in [6.07, 6.45) is 2.04. The molecule has 6 heteroatoms. The minimum atomic E-state index is 0.796. The molecule has 4 rings (SSSR count). The van der Waals surface area contributed by atoms with Crippen LogP contribution in [0.25, 0.3) is 22.6 Å². The standard InChI is InChI=1S/C18H19N5S/c1-11-4-3-5-14(21-11)16-17(23-9-8-20-18(23)22-16)12-6-7-15(24-2)13(19)10-12/h3-7,10H,8-9,19H2,1-2H3,(H,20,22). The molecule has 0 spiro atoms. The van der Waals surface area contributed by atoms with Crippen molar-refractivity contribution < 1.29 is 0 Å². The summed E-state index contributed by atoms with van der Waals surface area (Å²) in [6, 6.07) is 12.2. The molecule has 5 nitrogen and oxygen atoms in total. The SMILES string of the molecule is CSc1ccc(-c2c(-c3cccc(C)n3)nc3n2CCN3)cc1N. The van der Waals surface area contributed by atoms with E-state index < -0.39 is 0 Å². The van der Waals surface area contributed by atoms with Crippen molar-refractivity contribution in [1.82, 2.24) is 14.5 Å². The normalized spacial score (nSPS) is 12.9. The van der Waals surface area contributed by atoms with Gasteiger partial charge in [-0.3, -0.25) is 4.98 Å². The van der Waals surface area contributed by atoms with Crippen LogP contribution in [-0.2, 0) is 6.54 Å². The predicted octanol–water partition coefficient (Wildman–Crippen LogP) is 3.65. The Morgan fingerprint density at radius 3 is 2.83 bits per heavy atom. The number of nitrogen functional groups attached to an aromatic ring is 1. The highest BCUT2D eigenvalue weighted by Gasteiger charge is 2.24. The topological polar surface area (TPSA) is 68.8 Å². The van der Waals surface area contributed by atoms with Gasteiger partial charge >= 0.3 is 0 Å². The van der Waals surface area contributed by atoms with Gasteiger partial charge in [-0.1, -0.05) is 12.1 Å². The Kier molecular flexibility index (Phi) is 3.69. The zero-order valence-corrected chi connectivity index (χ0v) is 14.5. The molecule has 0 unspecified atom stereocenters. The number of pyridine rings is 1. The van der Waals surface area contributed by atoms with Crippen molar-refractivity contribution in [3.05, 3.63) is 42.1 Å². The number of anilines is 2. The lowest BCUT2D eigenvalue weighted by molar-refractivity contribution is 0.817. The maximum absolute atomic E-state index is 6.21. The molecule has 0 aliphatic carbocycles. The van der Waals surface area contributed by atoms with Crippen LogP contribution in [-0.4, -0.2) is 27.3 Å². The second-order valence-corrected chi connectivity index (χ2v) is 6.68. The van der Waals surface area contributed by atoms with Crippen LogP contribution in [0.1, 0.15) is 5.69 Å². The maximum Gasteiger partial charge on any atom is 0.204 e. The Labute approximate surface area is 145 Å². The molecule has 0 radical (unpaired) electrons. The molecule has 1 aromatic carbocycles. The average molecular weight is 337 g/mol. The van der Waals surface area contributed by atoms with Crippen LogP contribution in [0.5, 0.6) is 0 Å². The van der Waals surface area contributed by atoms with Gasteiger partial charge in [0.25, 0.3) is 0 Å². The van der Waals surface area contributed by atoms with Crippen LogP contribution < -0.4 is 11.1 Å². The summed E-state index contributed by atoms with van der Waals surface area (Å²) in [5.74, 6) is 0.899. The maximum atomic E-state index is 6.21. The Bertz CT molecular complexity index is 916. The molecule has 24 heavy (non-hydrogen) atoms. The molecule has 0 amide bonds. The first-order chi connectivity index (χ1) is 11.7. The molecule has 2 aromatic heterocycles. The first-order valence-electron chi connectivity index (χ1n) is 7.89. The van der Waals surface area contributed by atoms with Crippen molar-refractivity contribution in [2.45, 2.75) is 18.4 Å². The second kappa shape index (κ2) is 5.87. The number of aromatic nitrogens is 3. The molecule has 1 aliphatic rings. The lowest BCUT2D eigenvalue weighted by Gasteiger charge is -2.10. The van der Waals surface area contributed by atoms with Gasteiger partial charge in [-0.2, -0.15) is 0 Å². The summed E-state index contributed by atoms with van der Waals surface area (Å²) in [5.41, 5.74) is 11.9. The van der Waals surface area contributed by atoms with Crippen molar-refractivity contribution in [2.75, 3.05) is 23.9 Å². The van der Waals surface area contributed by atoms with E-state index in [9.17, 15) is 0 Å². The molecule has 3 aromatic rings. The van der Waals surface area contributed by atoms with Gasteiger partial charge in [0, 0.05) is 34.9 Å². The van der Waals surface area contributed by atoms with Crippen molar-refractivity contribution >= 4 is 23.4 Å². The van der Waals surface area contributed by atoms with Crippen molar-refractivity contribution in [1.29, 1.82) is 0 Å². The molecule has 0 saturated carbocycles. The summed E-state index contributed by atoms with van der Waals surface area (Å²) in [5, 5.41) is 3.34. The number of nitrogens with two attached hydrogens (primary N) is 1. The van der Waals surface area contributed by atoms with Crippen LogP contribution in [0.15, 0.2) is 41.3 Å². The highest BCUT2D eigenvalue weighted by Crippen LogP contribution is 2.37. The van der Waals surface area contributed by atoms with E-state index in [2.05, 4.69) is 27.0 Å². The van der Waals surface area contributed by atoms with Gasteiger partial charge in [-0.25, -0.2) is 4.98 Å². The van der Waals surface area contributed by atoms with Crippen molar-refractivity contribution in [3.63, 3.8) is 0 Å². The zero-order valence-electron chi connectivity index (χ0n) is 13.7. The first-order valence-corrected chi connectivity index (χ1v) is 9.12. The number of benzene rings is 1. The smallest absolute Gasteiger partial charge is 0.204 e. The lowest BCUT2D eigenvalue weighted by Crippen LogP contribution is -2.00. The van der Waals surface area contributed by atoms with E-state index in [1.54, 1.807) is 11.8 Å². The Hall–Kier alpha value is -2.47. The number of imidazole rings is 1. The summed E-state index contributed by atoms with van der Waals surface area (Å²) >= 11 is 1.66. The second-order valence-electron chi connectivity index (χ2n) is 5.83. The zero-order chi connectivity index (χ0) is 16.7. The van der Waals surface area contributed by atoms with Crippen LogP contribution in [0.2, 0.25) is 0 Å². The van der Waals surface area contributed by atoms with E-state index in [0.717, 1.165) is 58.0 Å². The third-order valence-corrected chi connectivity index (χ3v) is 5.03. The van der Waals surface area contributed by atoms with Gasteiger partial charge < -0.3 is 15.6 Å². The fourth-order valence-corrected chi connectivity index (χ4v) is 3.61. The lowest BCUT2D eigenvalue weighted by atomic mass is 10.1. The Morgan fingerprint density at radius 2 is 2.08 bits per heavy atom. The van der Waals surface area contributed by atoms with Gasteiger partial charge in [-0.15, -0.1) is 11.8 Å². The molecule has 0 fully saturated rings. The van der Waals surface area contributed by atoms with E-state index in [0.29, 0.717) is 0 Å². The number of aryl methyl sites for hydroxylation is 1. The Balaban J connectivity index is 1.92. The molecule has 3 N–H and O–H groups in total. The predicted molar refractivity (Wildman–Crippen MR) is 100 cm³/mol. The van der Waals surface area contributed by atoms with Crippen molar-refractivity contribution in [2.24, 2.45) is 0 Å². The summed E-state index contributed by atoms with van der Waals surface area (Å²) in [6.45, 7) is 3.79. The molecular formula is C18H19N5S. The summed E-state index contributed by atoms with van der Waals surface area (Å²) in [4.78, 5) is 10.5. The van der Waals surface area contributed by atoms with Gasteiger partial charge in [-0.05, 0) is 37.4 Å². The van der Waals surface area contributed by atoms with Gasteiger partial charge in [0.05, 0.1) is 11.4 Å². The number of hydrogen-bond donors (Lipinski definition) is 2. The van der Waals surface area contributed by atoms with Gasteiger partial charge in [0.1, 0.15) is 5.69 Å². The first kappa shape index (κ1) is 15.1. The van der Waals surface area contributed by atoms with Crippen LogP contribution in [0, 0.1) is 6.92 Å². The number of fused-ring (bicyclic) bond motifs is 1. The molecule has 3 heterocycles. The molecule has 122 valence electrons. The number of rotatable bonds is 3. The fourth-order valence-electron chi connectivity index (χ4n) is 3.11. The minimum absolute atomic E-state index is 0.796. The molecule has 0 bridgehead atoms. The monoisotopic (exact) mass is 337 g/mol. The van der Waals surface area contributed by atoms with E-state index in [1.807, 2.05) is 37.4 Å². The van der Waals surface area contributed by atoms with E-state index >= 15 is 0 Å². The molecule has 1 aliphatic heterocycles. The number of hydrogen-bond acceptors (Lipinski definition) is 5. The Morgan fingerprint density at radius 1 is 1.21 bits per heavy atom. The van der Waals surface area contributed by atoms with Crippen LogP contribution in [0.3, 0.4) is 0 Å². The van der Waals surface area contributed by atoms with Gasteiger partial charge in [0.15, 0.2) is 0 Å². The third kappa shape index (κ3) is 2.43. The quantitative estimate of drug-likeness (QED) is 0.564. The van der Waals surface area contributed by atoms with Gasteiger partial charge in [0.2, 0.25) is 5.95 Å². The highest BCUT2D eigenvalue weighted by atomic mass is 32.2. The van der Waals surface area contributed by atoms with Crippen LogP contribution in [0.4, 0.5) is 11.6 Å². The number of nitrogens with one attached hydrogen (secondary N) is 1. The van der Waals surface area contributed by atoms with Crippen molar-refractivity contribution in [3.8, 4) is 22.6 Å². The minimum Gasteiger partial charge on any atom is -0.398 e. The average Bonchev–Trinajstić information content (AvgIpc) is 3.15. The third-order valence-electron chi connectivity index (χ3n) is 4.22. The van der Waals surface area contributed by atoms with E-state index in [-0.39, 0.29) is 0 Å². The molecule has 0 saturated heterocycles. The van der Waals surface area contributed by atoms with Crippen LogP contribution >= 0.6 is 11.8 Å². The fraction of sp³-hybridized carbons (Fsp3) is 0.222. The van der Waals surface area contributed by atoms with E-state index in [4.69, 9.17) is 10.7 Å². The summed E-state index contributed by atoms with van der Waals surface area (Å²) in [7, 11) is 0. The number of nitrogens with zero attached hydrogens (tertiary/aromatic N) is 3. The largest absolute Gasteiger partial charge is 0.398 e. The highest BCUT2D eigenvalue weighted by molar-refractivity contribution is 7.98. The van der Waals surface area contributed by atoms with E-state index in [1.165, 1.54) is 0 Å². The number of thioether (sulfide) groups is 1.